The van der Waals surface area contributed by atoms with E-state index < -0.39 is 7.25 Å². The van der Waals surface area contributed by atoms with E-state index in [4.69, 9.17) is 34.8 Å². The fourth-order valence-corrected chi connectivity index (χ4v) is 8.21. The Morgan fingerprint density at radius 2 is 1.51 bits per heavy atom. The van der Waals surface area contributed by atoms with Gasteiger partial charge in [-0.25, -0.2) is 0 Å². The number of hydrogen-bond donors (Lipinski definition) is 0. The molecule has 2 aliphatic rings. The Morgan fingerprint density at radius 3 is 2.25 bits per heavy atom. The Morgan fingerprint density at radius 1 is 0.804 bits per heavy atom. The molecule has 0 saturated heterocycles. The van der Waals surface area contributed by atoms with E-state index in [9.17, 15) is 17.3 Å². The van der Waals surface area contributed by atoms with Crippen LogP contribution in [0.15, 0.2) is 95.1 Å². The molecule has 4 aromatic carbocycles. The predicted octanol–water partition coefficient (Wildman–Crippen LogP) is 13.2. The number of rotatable bonds is 9. The van der Waals surface area contributed by atoms with Gasteiger partial charge >= 0.3 is 7.25 Å². The van der Waals surface area contributed by atoms with E-state index in [1.165, 1.54) is 49.2 Å². The summed E-state index contributed by atoms with van der Waals surface area (Å²) in [4.78, 5) is 0. The van der Waals surface area contributed by atoms with Crippen molar-refractivity contribution < 1.29 is 21.8 Å². The van der Waals surface area contributed by atoms with Gasteiger partial charge in [-0.3, -0.25) is 0 Å². The van der Waals surface area contributed by atoms with Gasteiger partial charge in [0.2, 0.25) is 11.4 Å². The van der Waals surface area contributed by atoms with E-state index in [-0.39, 0.29) is 0 Å². The molecule has 0 fully saturated rings. The maximum absolute atomic E-state index is 9.75. The number of aryl methyl sites for hydroxylation is 1. The third-order valence-electron chi connectivity index (χ3n) is 9.69. The molecular weight excluding hydrogens is 714 g/mol. The highest BCUT2D eigenvalue weighted by Crippen LogP contribution is 2.41. The van der Waals surface area contributed by atoms with Gasteiger partial charge in [0, 0.05) is 62.2 Å². The van der Waals surface area contributed by atoms with E-state index in [0.717, 1.165) is 83.4 Å². The summed E-state index contributed by atoms with van der Waals surface area (Å²) in [6.07, 6.45) is 15.4. The number of allylic oxidation sites excluding steroid dienone is 6. The summed E-state index contributed by atoms with van der Waals surface area (Å²) in [5, 5.41) is 9.75. The first-order valence-corrected chi connectivity index (χ1v) is 18.7. The molecule has 2 heterocycles. The Kier molecular flexibility index (Phi) is 11.4. The molecule has 0 amide bonds. The summed E-state index contributed by atoms with van der Waals surface area (Å²) in [6.45, 7) is 8.73. The van der Waals surface area contributed by atoms with Crippen LogP contribution < -0.4 is 5.35 Å². The average molecular weight is 754 g/mol. The first kappa shape index (κ1) is 37.2. The summed E-state index contributed by atoms with van der Waals surface area (Å²) >= 11 is 20.8. The predicted molar refractivity (Wildman–Crippen MR) is 210 cm³/mol. The first-order chi connectivity index (χ1) is 24.4. The molecule has 1 unspecified atom stereocenters. The van der Waals surface area contributed by atoms with Crippen molar-refractivity contribution in [2.75, 3.05) is 6.54 Å². The quantitative estimate of drug-likeness (QED) is 0.0805. The number of unbranched alkanes of at least 4 members (excludes halogenated alkanes) is 2. The lowest BCUT2D eigenvalue weighted by Crippen LogP contribution is -2.16. The monoisotopic (exact) mass is 752 g/mol. The molecule has 0 bridgehead atoms. The van der Waals surface area contributed by atoms with Crippen LogP contribution in [0.4, 0.5) is 23.0 Å². The van der Waals surface area contributed by atoms with Crippen LogP contribution in [0.2, 0.25) is 10.0 Å². The first-order valence-electron chi connectivity index (χ1n) is 17.6. The van der Waals surface area contributed by atoms with Crippen molar-refractivity contribution in [3.05, 3.63) is 116 Å². The fraction of sp³-hybridized carbons (Fsp3) is 0.293. The molecule has 0 radical (unpaired) electrons. The van der Waals surface area contributed by atoms with Crippen molar-refractivity contribution in [1.82, 2.24) is 4.57 Å². The average Bonchev–Trinajstić information content (AvgIpc) is 3.58. The maximum atomic E-state index is 9.75. The Labute approximate surface area is 311 Å². The molecule has 1 aromatic heterocycles. The highest BCUT2D eigenvalue weighted by molar-refractivity contribution is 6.50. The molecule has 1 atom stereocenters. The molecule has 2 nitrogen and oxygen atoms in total. The standard InChI is InChI=1S/C41H40Cl3N2.BF4/c1-4-6-22-45-34(31-12-9-11-30-32(42)18-21-36(45)39(30)31)19-15-28-24-26(3)25-29(41(28)44)16-20-37-40-33(43)17-14-27-10-8-13-35(38(27)40)46(37)23-7-5-2;2-1(3,4)5/h8-21,26H,4-7,22-25H2,1-3H3;/q+1;-1. The van der Waals surface area contributed by atoms with Gasteiger partial charge in [-0.15, -0.1) is 0 Å². The van der Waals surface area contributed by atoms with Crippen molar-refractivity contribution in [1.29, 1.82) is 0 Å². The zero-order chi connectivity index (χ0) is 36.4. The normalized spacial score (nSPS) is 17.6. The zero-order valence-corrected chi connectivity index (χ0v) is 31.2. The maximum Gasteiger partial charge on any atom is 0.673 e. The topological polar surface area (TPSA) is 7.94 Å². The lowest BCUT2D eigenvalue weighted by Gasteiger charge is -2.22. The molecule has 1 aliphatic heterocycles. The molecule has 0 saturated carbocycles. The van der Waals surface area contributed by atoms with E-state index >= 15 is 0 Å². The van der Waals surface area contributed by atoms with Crippen molar-refractivity contribution in [3.8, 4) is 0 Å². The van der Waals surface area contributed by atoms with Crippen molar-refractivity contribution >= 4 is 92.0 Å². The number of nitrogens with zero attached hydrogens (tertiary/aromatic N) is 2. The van der Waals surface area contributed by atoms with Gasteiger partial charge in [-0.2, -0.15) is 4.58 Å². The van der Waals surface area contributed by atoms with Crippen LogP contribution >= 0.6 is 34.8 Å². The van der Waals surface area contributed by atoms with Crippen LogP contribution in [-0.2, 0) is 6.54 Å². The van der Waals surface area contributed by atoms with E-state index in [0.29, 0.717) is 5.92 Å². The number of hydrogen-bond acceptors (Lipinski definition) is 0. The van der Waals surface area contributed by atoms with Crippen LogP contribution in [0.25, 0.3) is 38.5 Å². The summed E-state index contributed by atoms with van der Waals surface area (Å²) in [5.74, 6) is 0.486. The van der Waals surface area contributed by atoms with Crippen LogP contribution in [0.5, 0.6) is 0 Å². The minimum absolute atomic E-state index is 0.486. The Bertz CT molecular complexity index is 2290. The van der Waals surface area contributed by atoms with Gasteiger partial charge in [0.05, 0.1) is 16.0 Å². The smallest absolute Gasteiger partial charge is 0.418 e. The molecule has 0 spiro atoms. The fourth-order valence-electron chi connectivity index (χ4n) is 7.46. The largest absolute Gasteiger partial charge is 0.673 e. The van der Waals surface area contributed by atoms with E-state index in [1.807, 2.05) is 12.1 Å². The third-order valence-corrected chi connectivity index (χ3v) is 10.8. The molecule has 5 aromatic rings. The summed E-state index contributed by atoms with van der Waals surface area (Å²) in [6, 6.07) is 21.4. The summed E-state index contributed by atoms with van der Waals surface area (Å²) in [5.41, 5.74) is 7.14. The molecule has 7 rings (SSSR count). The van der Waals surface area contributed by atoms with E-state index in [1.54, 1.807) is 0 Å². The van der Waals surface area contributed by atoms with Crippen molar-refractivity contribution in [2.45, 2.75) is 65.8 Å². The van der Waals surface area contributed by atoms with Gasteiger partial charge < -0.3 is 21.8 Å². The second-order valence-electron chi connectivity index (χ2n) is 13.4. The second-order valence-corrected chi connectivity index (χ2v) is 14.6. The summed E-state index contributed by atoms with van der Waals surface area (Å²) < 4.78 is 43.9. The highest BCUT2D eigenvalue weighted by Gasteiger charge is 2.32. The minimum Gasteiger partial charge on any atom is -0.418 e. The molecule has 1 aliphatic carbocycles. The Hall–Kier alpha value is -3.52. The van der Waals surface area contributed by atoms with Gasteiger partial charge in [0.25, 0.3) is 0 Å². The van der Waals surface area contributed by atoms with Gasteiger partial charge in [0.15, 0.2) is 0 Å². The highest BCUT2D eigenvalue weighted by atomic mass is 35.5. The number of halogens is 7. The van der Waals surface area contributed by atoms with Crippen LogP contribution in [0.3, 0.4) is 0 Å². The van der Waals surface area contributed by atoms with Crippen LogP contribution in [-0.4, -0.2) is 28.7 Å². The van der Waals surface area contributed by atoms with Crippen molar-refractivity contribution in [2.24, 2.45) is 5.92 Å². The SMILES string of the molecule is CCCCn1c(=CC=C2CC(C)CC(C=CC3=[N+](CCCC)c4cccc5ccc(Cl)c3c45)=C2Cl)c2cccc3c(Cl)ccc1c32.F[B-](F)(F)F. The zero-order valence-electron chi connectivity index (χ0n) is 28.9. The molecule has 51 heavy (non-hydrogen) atoms. The Balaban J connectivity index is 0.000000839. The molecule has 266 valence electrons. The molecular formula is C41H40BCl3F4N2. The van der Waals surface area contributed by atoms with E-state index in [2.05, 4.69) is 103 Å². The summed E-state index contributed by atoms with van der Waals surface area (Å²) in [7, 11) is -6.00. The minimum atomic E-state index is -6.00. The third kappa shape index (κ3) is 7.82. The number of aromatic nitrogens is 1. The van der Waals surface area contributed by atoms with Crippen LogP contribution in [0, 0.1) is 5.92 Å². The molecule has 10 heteroatoms. The number of benzene rings is 4. The lowest BCUT2D eigenvalue weighted by molar-refractivity contribution is -0.436. The van der Waals surface area contributed by atoms with Gasteiger partial charge in [-0.05, 0) is 66.0 Å². The molecule has 0 N–H and O–H groups in total. The van der Waals surface area contributed by atoms with Crippen LogP contribution in [0.1, 0.15) is 64.9 Å². The second kappa shape index (κ2) is 15.6. The van der Waals surface area contributed by atoms with Gasteiger partial charge in [0.1, 0.15) is 6.54 Å². The van der Waals surface area contributed by atoms with Gasteiger partial charge in [-0.1, -0.05) is 117 Å². The lowest BCUT2D eigenvalue weighted by atomic mass is 9.86. The van der Waals surface area contributed by atoms with Crippen molar-refractivity contribution in [3.63, 3.8) is 0 Å².